The molecule has 0 atom stereocenters. The van der Waals surface area contributed by atoms with E-state index in [4.69, 9.17) is 19.3 Å². The zero-order valence-electron chi connectivity index (χ0n) is 13.3. The molecular weight excluding hydrogens is 657 g/mol. The van der Waals surface area contributed by atoms with E-state index >= 15 is 0 Å². The molecule has 1 aromatic carbocycles. The van der Waals surface area contributed by atoms with Crippen LogP contribution in [0.3, 0.4) is 0 Å². The molecule has 0 radical (unpaired) electrons. The summed E-state index contributed by atoms with van der Waals surface area (Å²) >= 11 is 6.10. The first kappa shape index (κ1) is 22.2. The van der Waals surface area contributed by atoms with E-state index in [1.807, 2.05) is 45.2 Å². The first-order valence-corrected chi connectivity index (χ1v) is 10.1. The van der Waals surface area contributed by atoms with Crippen LogP contribution in [0.15, 0.2) is 6.07 Å². The van der Waals surface area contributed by atoms with Crippen LogP contribution >= 0.6 is 67.8 Å². The number of carbonyl (C=O) groups excluding carboxylic acids is 2. The maximum atomic E-state index is 12.1. The van der Waals surface area contributed by atoms with E-state index in [0.29, 0.717) is 18.5 Å². The maximum Gasteiger partial charge on any atom is 0.344 e. The molecule has 0 unspecified atom stereocenters. The van der Waals surface area contributed by atoms with Crippen LogP contribution < -0.4 is 4.74 Å². The molecule has 6 nitrogen and oxygen atoms in total. The van der Waals surface area contributed by atoms with Crippen molar-refractivity contribution in [1.82, 2.24) is 0 Å². The summed E-state index contributed by atoms with van der Waals surface area (Å²) < 4.78 is 17.8. The highest BCUT2D eigenvalue weighted by Gasteiger charge is 2.23. The minimum absolute atomic E-state index is 0.0783. The van der Waals surface area contributed by atoms with E-state index in [2.05, 4.69) is 22.6 Å². The quantitative estimate of drug-likeness (QED) is 0.369. The number of ether oxygens (including phenoxy) is 3. The van der Waals surface area contributed by atoms with Gasteiger partial charge in [0.25, 0.3) is 0 Å². The molecule has 1 rings (SSSR count). The number of halogens is 3. The van der Waals surface area contributed by atoms with E-state index in [1.54, 1.807) is 26.8 Å². The monoisotopic (exact) mass is 674 g/mol. The van der Waals surface area contributed by atoms with Gasteiger partial charge in [0, 0.05) is 3.57 Å². The molecule has 0 bridgehead atoms. The predicted molar refractivity (Wildman–Crippen MR) is 113 cm³/mol. The fourth-order valence-electron chi connectivity index (χ4n) is 1.60. The van der Waals surface area contributed by atoms with Crippen LogP contribution in [0.2, 0.25) is 0 Å². The Labute approximate surface area is 181 Å². The van der Waals surface area contributed by atoms with E-state index < -0.39 is 17.5 Å². The summed E-state index contributed by atoms with van der Waals surface area (Å²) in [5.41, 5.74) is -0.240. The Morgan fingerprint density at radius 1 is 1.17 bits per heavy atom. The number of esters is 2. The van der Waals surface area contributed by atoms with Gasteiger partial charge in [0.05, 0.1) is 19.3 Å². The molecular formula is C15H17I3O6. The summed E-state index contributed by atoms with van der Waals surface area (Å²) in [6.07, 6.45) is 0. The van der Waals surface area contributed by atoms with Gasteiger partial charge in [-0.25, -0.2) is 9.59 Å². The first-order valence-electron chi connectivity index (χ1n) is 6.87. The predicted octanol–water partition coefficient (Wildman–Crippen LogP) is 3.37. The second-order valence-corrected chi connectivity index (χ2v) is 9.00. The summed E-state index contributed by atoms with van der Waals surface area (Å²) in [6.45, 7) is 4.75. The molecule has 134 valence electrons. The average molecular weight is 674 g/mol. The number of rotatable bonds is 6. The number of carbonyl (C=O) groups is 2. The highest BCUT2D eigenvalue weighted by Crippen LogP contribution is 2.34. The van der Waals surface area contributed by atoms with Crippen molar-refractivity contribution in [2.45, 2.75) is 26.4 Å². The Morgan fingerprint density at radius 2 is 1.79 bits per heavy atom. The van der Waals surface area contributed by atoms with E-state index in [0.717, 1.165) is 3.57 Å². The number of aliphatic hydroxyl groups excluding tert-OH is 1. The first-order chi connectivity index (χ1) is 11.1. The van der Waals surface area contributed by atoms with E-state index in [-0.39, 0.29) is 19.8 Å². The van der Waals surface area contributed by atoms with Crippen LogP contribution in [0.25, 0.3) is 0 Å². The van der Waals surface area contributed by atoms with Gasteiger partial charge in [-0.1, -0.05) is 0 Å². The Hall–Kier alpha value is 0.110. The summed E-state index contributed by atoms with van der Waals surface area (Å²) in [7, 11) is 0. The molecule has 1 N–H and O–H groups in total. The van der Waals surface area contributed by atoms with Crippen molar-refractivity contribution in [2.24, 2.45) is 0 Å². The van der Waals surface area contributed by atoms with Crippen LogP contribution in [-0.4, -0.2) is 42.5 Å². The fraction of sp³-hybridized carbons (Fsp3) is 0.467. The zero-order chi connectivity index (χ0) is 18.5. The molecule has 24 heavy (non-hydrogen) atoms. The topological polar surface area (TPSA) is 82.1 Å². The molecule has 0 amide bonds. The van der Waals surface area contributed by atoms with Gasteiger partial charge in [-0.3, -0.25) is 0 Å². The van der Waals surface area contributed by atoms with Crippen molar-refractivity contribution >= 4 is 79.7 Å². The smallest absolute Gasteiger partial charge is 0.344 e. The van der Waals surface area contributed by atoms with Gasteiger partial charge in [-0.05, 0) is 94.6 Å². The van der Waals surface area contributed by atoms with Crippen molar-refractivity contribution in [3.63, 3.8) is 0 Å². The Kier molecular flexibility index (Phi) is 8.96. The minimum Gasteiger partial charge on any atom is -0.480 e. The largest absolute Gasteiger partial charge is 0.480 e. The van der Waals surface area contributed by atoms with Crippen molar-refractivity contribution in [3.05, 3.63) is 22.3 Å². The maximum absolute atomic E-state index is 12.1. The minimum atomic E-state index is -0.591. The van der Waals surface area contributed by atoms with Gasteiger partial charge < -0.3 is 19.3 Å². The Bertz CT molecular complexity index is 625. The van der Waals surface area contributed by atoms with Crippen LogP contribution in [-0.2, 0) is 14.3 Å². The molecule has 0 saturated heterocycles. The summed E-state index contributed by atoms with van der Waals surface area (Å²) in [4.78, 5) is 24.0. The number of aliphatic hydroxyl groups is 1. The molecule has 0 heterocycles. The molecule has 0 aliphatic heterocycles. The van der Waals surface area contributed by atoms with Gasteiger partial charge in [0.2, 0.25) is 0 Å². The highest BCUT2D eigenvalue weighted by atomic mass is 127. The third kappa shape index (κ3) is 6.78. The standard InChI is InChI=1S/C15H17I3O6/c1-15(2,3)24-10(20)7-23-13-9(17)6-8(16)11(12(13)18)14(21)22-5-4-19/h6,19H,4-5,7H2,1-3H3. The van der Waals surface area contributed by atoms with Gasteiger partial charge in [0.1, 0.15) is 18.0 Å². The van der Waals surface area contributed by atoms with Gasteiger partial charge in [-0.2, -0.15) is 0 Å². The SMILES string of the molecule is CC(C)(C)OC(=O)COc1c(I)cc(I)c(C(=O)OCCO)c1I. The second-order valence-electron chi connectivity index (χ2n) is 5.59. The van der Waals surface area contributed by atoms with Crippen LogP contribution in [0.5, 0.6) is 5.75 Å². The average Bonchev–Trinajstić information content (AvgIpc) is 2.42. The van der Waals surface area contributed by atoms with Crippen LogP contribution in [0, 0.1) is 10.7 Å². The van der Waals surface area contributed by atoms with Gasteiger partial charge in [-0.15, -0.1) is 0 Å². The van der Waals surface area contributed by atoms with Crippen molar-refractivity contribution < 1.29 is 28.9 Å². The van der Waals surface area contributed by atoms with Crippen molar-refractivity contribution in [2.75, 3.05) is 19.8 Å². The third-order valence-electron chi connectivity index (χ3n) is 2.41. The summed E-state index contributed by atoms with van der Waals surface area (Å²) in [5.74, 6) is -0.605. The molecule has 0 fully saturated rings. The zero-order valence-corrected chi connectivity index (χ0v) is 19.8. The summed E-state index contributed by atoms with van der Waals surface area (Å²) in [5, 5.41) is 8.78. The Balaban J connectivity index is 2.99. The van der Waals surface area contributed by atoms with E-state index in [1.165, 1.54) is 0 Å². The molecule has 0 aliphatic carbocycles. The number of hydrogen-bond acceptors (Lipinski definition) is 6. The number of hydrogen-bond donors (Lipinski definition) is 1. The normalized spacial score (nSPS) is 11.1. The lowest BCUT2D eigenvalue weighted by Crippen LogP contribution is -2.27. The van der Waals surface area contributed by atoms with Crippen LogP contribution in [0.4, 0.5) is 0 Å². The molecule has 0 saturated carbocycles. The highest BCUT2D eigenvalue weighted by molar-refractivity contribution is 14.1. The third-order valence-corrected chi connectivity index (χ3v) is 5.09. The summed E-state index contributed by atoms with van der Waals surface area (Å²) in [6, 6.07) is 1.77. The number of benzene rings is 1. The van der Waals surface area contributed by atoms with Gasteiger partial charge in [0.15, 0.2) is 6.61 Å². The molecule has 1 aromatic rings. The molecule has 0 aromatic heterocycles. The molecule has 9 heteroatoms. The second kappa shape index (κ2) is 9.71. The lowest BCUT2D eigenvalue weighted by Gasteiger charge is -2.20. The van der Waals surface area contributed by atoms with E-state index in [9.17, 15) is 9.59 Å². The molecule has 0 aliphatic rings. The molecule has 0 spiro atoms. The van der Waals surface area contributed by atoms with Gasteiger partial charge >= 0.3 is 11.9 Å². The van der Waals surface area contributed by atoms with Crippen molar-refractivity contribution in [1.29, 1.82) is 0 Å². The van der Waals surface area contributed by atoms with Crippen molar-refractivity contribution in [3.8, 4) is 5.75 Å². The van der Waals surface area contributed by atoms with Crippen LogP contribution in [0.1, 0.15) is 31.1 Å². The lowest BCUT2D eigenvalue weighted by atomic mass is 10.2. The lowest BCUT2D eigenvalue weighted by molar-refractivity contribution is -0.157. The fourth-order valence-corrected chi connectivity index (χ4v) is 5.73. The Morgan fingerprint density at radius 3 is 2.33 bits per heavy atom.